The number of rotatable bonds is 5. The van der Waals surface area contributed by atoms with E-state index < -0.39 is 18.0 Å². The van der Waals surface area contributed by atoms with Gasteiger partial charge < -0.3 is 10.1 Å². The number of hydrazone groups is 1. The highest BCUT2D eigenvalue weighted by Gasteiger charge is 2.30. The molecule has 0 unspecified atom stereocenters. The van der Waals surface area contributed by atoms with Gasteiger partial charge in [0, 0.05) is 11.3 Å². The number of alkyl halides is 3. The van der Waals surface area contributed by atoms with Crippen molar-refractivity contribution in [3.8, 4) is 17.9 Å². The van der Waals surface area contributed by atoms with Gasteiger partial charge >= 0.3 is 6.36 Å². The minimum atomic E-state index is -4.79. The number of ether oxygens (including phenoxy) is 1. The van der Waals surface area contributed by atoms with Crippen molar-refractivity contribution in [1.29, 1.82) is 10.5 Å². The van der Waals surface area contributed by atoms with Crippen LogP contribution >= 0.6 is 0 Å². The lowest BCUT2D eigenvalue weighted by Gasteiger charge is -2.10. The Morgan fingerprint density at radius 2 is 1.70 bits per heavy atom. The maximum absolute atomic E-state index is 12.2. The van der Waals surface area contributed by atoms with Gasteiger partial charge in [-0.1, -0.05) is 6.07 Å². The number of nitrogens with zero attached hydrogens (tertiary/aromatic N) is 3. The average molecular weight is 373 g/mol. The molecule has 0 aromatic heterocycles. The zero-order valence-corrected chi connectivity index (χ0v) is 13.4. The number of hydrogen-bond acceptors (Lipinski definition) is 6. The second kappa shape index (κ2) is 8.36. The quantitative estimate of drug-likeness (QED) is 0.614. The van der Waals surface area contributed by atoms with E-state index in [0.29, 0.717) is 5.69 Å². The van der Waals surface area contributed by atoms with Crippen LogP contribution < -0.4 is 15.5 Å². The fourth-order valence-corrected chi connectivity index (χ4v) is 1.87. The zero-order chi connectivity index (χ0) is 19.9. The van der Waals surface area contributed by atoms with Gasteiger partial charge in [0.2, 0.25) is 5.71 Å². The third-order valence-electron chi connectivity index (χ3n) is 2.98. The topological polar surface area (TPSA) is 110 Å². The monoisotopic (exact) mass is 373 g/mol. The van der Waals surface area contributed by atoms with E-state index in [4.69, 9.17) is 10.5 Å². The number of hydrogen-bond donors (Lipinski definition) is 2. The smallest absolute Gasteiger partial charge is 0.406 e. The molecular weight excluding hydrogens is 363 g/mol. The van der Waals surface area contributed by atoms with Crippen molar-refractivity contribution in [3.05, 3.63) is 54.1 Å². The van der Waals surface area contributed by atoms with Crippen molar-refractivity contribution in [1.82, 2.24) is 0 Å². The Morgan fingerprint density at radius 3 is 2.30 bits per heavy atom. The summed E-state index contributed by atoms with van der Waals surface area (Å²) >= 11 is 0. The Labute approximate surface area is 151 Å². The van der Waals surface area contributed by atoms with Crippen molar-refractivity contribution < 1.29 is 22.7 Å². The number of carbonyl (C=O) groups is 1. The van der Waals surface area contributed by atoms with E-state index in [1.807, 2.05) is 0 Å². The predicted octanol–water partition coefficient (Wildman–Crippen LogP) is 3.65. The van der Waals surface area contributed by atoms with E-state index in [-0.39, 0.29) is 17.0 Å². The van der Waals surface area contributed by atoms with Crippen molar-refractivity contribution in [2.24, 2.45) is 5.10 Å². The Bertz CT molecular complexity index is 925. The fourth-order valence-electron chi connectivity index (χ4n) is 1.87. The van der Waals surface area contributed by atoms with Crippen LogP contribution in [0.1, 0.15) is 10.4 Å². The number of benzene rings is 2. The number of carbonyl (C=O) groups excluding carboxylic acids is 1. The number of anilines is 2. The molecule has 1 amide bonds. The summed E-state index contributed by atoms with van der Waals surface area (Å²) in [6, 6.07) is 13.9. The van der Waals surface area contributed by atoms with Gasteiger partial charge in [0.1, 0.15) is 17.9 Å². The van der Waals surface area contributed by atoms with Crippen LogP contribution in [-0.2, 0) is 0 Å². The summed E-state index contributed by atoms with van der Waals surface area (Å²) in [5.74, 6) is -0.928. The minimum absolute atomic E-state index is 0.223. The van der Waals surface area contributed by atoms with Gasteiger partial charge in [-0.15, -0.1) is 13.2 Å². The summed E-state index contributed by atoms with van der Waals surface area (Å²) in [5.41, 5.74) is 2.94. The Morgan fingerprint density at radius 1 is 1.04 bits per heavy atom. The third-order valence-corrected chi connectivity index (χ3v) is 2.98. The first kappa shape index (κ1) is 19.3. The molecule has 136 valence electrons. The van der Waals surface area contributed by atoms with Crippen LogP contribution in [0.5, 0.6) is 5.75 Å². The highest BCUT2D eigenvalue weighted by atomic mass is 19.4. The predicted molar refractivity (Wildman–Crippen MR) is 89.8 cm³/mol. The van der Waals surface area contributed by atoms with Crippen LogP contribution in [0.4, 0.5) is 24.5 Å². The van der Waals surface area contributed by atoms with E-state index >= 15 is 0 Å². The first-order chi connectivity index (χ1) is 12.8. The van der Waals surface area contributed by atoms with Crippen LogP contribution in [0, 0.1) is 22.7 Å². The maximum atomic E-state index is 12.2. The maximum Gasteiger partial charge on any atom is 0.573 e. The highest BCUT2D eigenvalue weighted by molar-refractivity contribution is 6.10. The molecule has 0 bridgehead atoms. The molecule has 0 fully saturated rings. The first-order valence-electron chi connectivity index (χ1n) is 7.22. The minimum Gasteiger partial charge on any atom is -0.406 e. The molecule has 0 aliphatic rings. The number of nitriles is 2. The lowest BCUT2D eigenvalue weighted by atomic mass is 10.2. The van der Waals surface area contributed by atoms with Gasteiger partial charge in [0.15, 0.2) is 0 Å². The molecule has 0 aliphatic heterocycles. The van der Waals surface area contributed by atoms with Crippen LogP contribution in [0.2, 0.25) is 0 Å². The van der Waals surface area contributed by atoms with Crippen LogP contribution in [-0.4, -0.2) is 18.0 Å². The molecule has 0 aliphatic carbocycles. The number of halogens is 3. The normalized spacial score (nSPS) is 10.1. The largest absolute Gasteiger partial charge is 0.573 e. The molecule has 2 aromatic rings. The SMILES string of the molecule is N#CC(C#N)=NNc1cccc(C(=O)Nc2ccc(OC(F)(F)F)cc2)c1. The van der Waals surface area contributed by atoms with Gasteiger partial charge in [-0.2, -0.15) is 15.6 Å². The van der Waals surface area contributed by atoms with Crippen LogP contribution in [0.3, 0.4) is 0 Å². The van der Waals surface area contributed by atoms with E-state index in [2.05, 4.69) is 20.6 Å². The molecule has 2 aromatic carbocycles. The summed E-state index contributed by atoms with van der Waals surface area (Å²) in [6.07, 6.45) is -4.79. The summed E-state index contributed by atoms with van der Waals surface area (Å²) < 4.78 is 40.1. The second-order valence-electron chi connectivity index (χ2n) is 4.90. The molecule has 10 heteroatoms. The van der Waals surface area contributed by atoms with E-state index in [1.165, 1.54) is 24.3 Å². The molecule has 27 heavy (non-hydrogen) atoms. The Hall–Kier alpha value is -4.05. The van der Waals surface area contributed by atoms with E-state index in [9.17, 15) is 18.0 Å². The molecule has 0 radical (unpaired) electrons. The zero-order valence-electron chi connectivity index (χ0n) is 13.4. The third kappa shape index (κ3) is 6.07. The molecule has 0 heterocycles. The van der Waals surface area contributed by atoms with Crippen LogP contribution in [0.25, 0.3) is 0 Å². The van der Waals surface area contributed by atoms with Gasteiger partial charge in [-0.05, 0) is 42.5 Å². The van der Waals surface area contributed by atoms with Crippen molar-refractivity contribution >= 4 is 23.0 Å². The van der Waals surface area contributed by atoms with E-state index in [0.717, 1.165) is 12.1 Å². The van der Waals surface area contributed by atoms with E-state index in [1.54, 1.807) is 24.3 Å². The van der Waals surface area contributed by atoms with Gasteiger partial charge in [-0.3, -0.25) is 10.2 Å². The first-order valence-corrected chi connectivity index (χ1v) is 7.22. The van der Waals surface area contributed by atoms with Crippen molar-refractivity contribution in [2.45, 2.75) is 6.36 Å². The van der Waals surface area contributed by atoms with Crippen molar-refractivity contribution in [3.63, 3.8) is 0 Å². The molecule has 0 saturated heterocycles. The Balaban J connectivity index is 2.06. The summed E-state index contributed by atoms with van der Waals surface area (Å²) in [6.45, 7) is 0. The molecule has 0 saturated carbocycles. The van der Waals surface area contributed by atoms with Gasteiger partial charge in [-0.25, -0.2) is 0 Å². The highest BCUT2D eigenvalue weighted by Crippen LogP contribution is 2.24. The van der Waals surface area contributed by atoms with Crippen LogP contribution in [0.15, 0.2) is 53.6 Å². The fraction of sp³-hybridized carbons (Fsp3) is 0.0588. The molecule has 0 spiro atoms. The summed E-state index contributed by atoms with van der Waals surface area (Å²) in [7, 11) is 0. The van der Waals surface area contributed by atoms with Crippen molar-refractivity contribution in [2.75, 3.05) is 10.7 Å². The second-order valence-corrected chi connectivity index (χ2v) is 4.90. The standard InChI is InChI=1S/C17H10F3N5O2/c18-17(19,20)27-15-6-4-12(5-7-15)23-16(26)11-2-1-3-13(8-11)24-25-14(9-21)10-22/h1-8,24H,(H,23,26). The number of nitrogens with one attached hydrogen (secondary N) is 2. The average Bonchev–Trinajstić information content (AvgIpc) is 2.63. The molecule has 7 nitrogen and oxygen atoms in total. The molecule has 0 atom stereocenters. The lowest BCUT2D eigenvalue weighted by molar-refractivity contribution is -0.274. The van der Waals surface area contributed by atoms with Gasteiger partial charge in [0.25, 0.3) is 5.91 Å². The Kier molecular flexibility index (Phi) is 5.97. The van der Waals surface area contributed by atoms with Gasteiger partial charge in [0.05, 0.1) is 5.69 Å². The summed E-state index contributed by atoms with van der Waals surface area (Å²) in [5, 5.41) is 23.3. The lowest BCUT2D eigenvalue weighted by Crippen LogP contribution is -2.17. The molecule has 2 rings (SSSR count). The molecule has 2 N–H and O–H groups in total. The summed E-state index contributed by atoms with van der Waals surface area (Å²) in [4.78, 5) is 12.2. The number of amides is 1. The molecular formula is C17H10F3N5O2.